The first-order chi connectivity index (χ1) is 6.93. The minimum atomic E-state index is -2.94. The molecule has 8 heteroatoms. The highest BCUT2D eigenvalue weighted by atomic mass is 35.5. The lowest BCUT2D eigenvalue weighted by Crippen LogP contribution is -2.20. The van der Waals surface area contributed by atoms with E-state index in [1.165, 1.54) is 0 Å². The van der Waals surface area contributed by atoms with Crippen molar-refractivity contribution in [1.29, 1.82) is 0 Å². The van der Waals surface area contributed by atoms with Crippen LogP contribution >= 0.6 is 12.4 Å². The molecule has 1 atom stereocenters. The maximum absolute atomic E-state index is 12.6. The smallest absolute Gasteiger partial charge is 0.277 e. The van der Waals surface area contributed by atoms with Crippen LogP contribution in [-0.4, -0.2) is 11.3 Å². The van der Waals surface area contributed by atoms with E-state index in [4.69, 9.17) is 5.73 Å². The highest BCUT2D eigenvalue weighted by Gasteiger charge is 2.26. The minimum absolute atomic E-state index is 0. The highest BCUT2D eigenvalue weighted by molar-refractivity contribution is 5.85. The summed E-state index contributed by atoms with van der Waals surface area (Å²) in [5.74, 6) is -0.869. The standard InChI is InChI=1S/C8H7F3N2O2.ClH/c9-4-1-2-5(7(12)8(10)11)6(3-4)13(14)15;/h1-3,7-8H,12H2;1H/t7-;/m1./s1. The zero-order valence-corrected chi connectivity index (χ0v) is 8.59. The van der Waals surface area contributed by atoms with Crippen LogP contribution in [0, 0.1) is 15.9 Å². The number of rotatable bonds is 3. The van der Waals surface area contributed by atoms with Crippen LogP contribution in [-0.2, 0) is 0 Å². The summed E-state index contributed by atoms with van der Waals surface area (Å²) in [7, 11) is 0. The minimum Gasteiger partial charge on any atom is -0.319 e. The van der Waals surface area contributed by atoms with Crippen LogP contribution in [0.4, 0.5) is 18.9 Å². The first-order valence-electron chi connectivity index (χ1n) is 3.91. The van der Waals surface area contributed by atoms with Crippen LogP contribution in [0.3, 0.4) is 0 Å². The molecule has 0 aliphatic carbocycles. The summed E-state index contributed by atoms with van der Waals surface area (Å²) < 4.78 is 37.1. The molecule has 0 fully saturated rings. The Balaban J connectivity index is 0.00000225. The van der Waals surface area contributed by atoms with Gasteiger partial charge in [-0.05, 0) is 12.1 Å². The molecule has 16 heavy (non-hydrogen) atoms. The molecule has 2 N–H and O–H groups in total. The second kappa shape index (κ2) is 5.66. The first kappa shape index (κ1) is 14.7. The van der Waals surface area contributed by atoms with Crippen LogP contribution in [0.2, 0.25) is 0 Å². The topological polar surface area (TPSA) is 69.2 Å². The van der Waals surface area contributed by atoms with Gasteiger partial charge in [0.2, 0.25) is 0 Å². The molecular weight excluding hydrogens is 249 g/mol. The average Bonchev–Trinajstić information content (AvgIpc) is 2.16. The second-order valence-corrected chi connectivity index (χ2v) is 2.82. The van der Waals surface area contributed by atoms with Crippen molar-refractivity contribution < 1.29 is 18.1 Å². The Bertz CT molecular complexity index is 390. The van der Waals surface area contributed by atoms with Crippen molar-refractivity contribution in [2.45, 2.75) is 12.5 Å². The van der Waals surface area contributed by atoms with E-state index in [-0.39, 0.29) is 18.0 Å². The first-order valence-corrected chi connectivity index (χ1v) is 3.91. The number of hydrogen-bond acceptors (Lipinski definition) is 3. The maximum Gasteiger partial charge on any atom is 0.277 e. The molecule has 1 rings (SSSR count). The summed E-state index contributed by atoms with van der Waals surface area (Å²) in [5.41, 5.74) is 3.94. The van der Waals surface area contributed by atoms with Crippen molar-refractivity contribution in [3.8, 4) is 0 Å². The molecule has 0 amide bonds. The molecule has 4 nitrogen and oxygen atoms in total. The predicted octanol–water partition coefficient (Wildman–Crippen LogP) is 2.42. The molecule has 0 aromatic heterocycles. The fraction of sp³-hybridized carbons (Fsp3) is 0.250. The number of nitro groups is 1. The van der Waals surface area contributed by atoms with Crippen LogP contribution in [0.1, 0.15) is 11.6 Å². The molecule has 1 aromatic rings. The number of hydrogen-bond donors (Lipinski definition) is 1. The molecule has 0 radical (unpaired) electrons. The van der Waals surface area contributed by atoms with Crippen molar-refractivity contribution in [3.63, 3.8) is 0 Å². The van der Waals surface area contributed by atoms with Gasteiger partial charge in [-0.3, -0.25) is 10.1 Å². The summed E-state index contributed by atoms with van der Waals surface area (Å²) >= 11 is 0. The number of nitrogens with zero attached hydrogens (tertiary/aromatic N) is 1. The van der Waals surface area contributed by atoms with Crippen molar-refractivity contribution in [2.24, 2.45) is 5.73 Å². The van der Waals surface area contributed by atoms with Gasteiger partial charge in [0.15, 0.2) is 0 Å². The summed E-state index contributed by atoms with van der Waals surface area (Å²) in [4.78, 5) is 9.50. The normalized spacial score (nSPS) is 12.1. The molecule has 0 unspecified atom stereocenters. The van der Waals surface area contributed by atoms with Crippen LogP contribution in [0.15, 0.2) is 18.2 Å². The average molecular weight is 257 g/mol. The Labute approximate surface area is 94.8 Å². The Kier molecular flexibility index (Phi) is 5.19. The van der Waals surface area contributed by atoms with Gasteiger partial charge in [0.05, 0.1) is 22.6 Å². The fourth-order valence-corrected chi connectivity index (χ4v) is 1.09. The van der Waals surface area contributed by atoms with Crippen molar-refractivity contribution >= 4 is 18.1 Å². The fourth-order valence-electron chi connectivity index (χ4n) is 1.09. The summed E-state index contributed by atoms with van der Waals surface area (Å²) in [5, 5.41) is 10.4. The quantitative estimate of drug-likeness (QED) is 0.667. The molecule has 1 aromatic carbocycles. The molecule has 90 valence electrons. The van der Waals surface area contributed by atoms with Gasteiger partial charge >= 0.3 is 0 Å². The monoisotopic (exact) mass is 256 g/mol. The number of alkyl halides is 2. The number of nitro benzene ring substituents is 1. The van der Waals surface area contributed by atoms with E-state index >= 15 is 0 Å². The predicted molar refractivity (Wildman–Crippen MR) is 53.2 cm³/mol. The van der Waals surface area contributed by atoms with E-state index in [9.17, 15) is 23.3 Å². The Morgan fingerprint density at radius 1 is 1.38 bits per heavy atom. The second-order valence-electron chi connectivity index (χ2n) is 2.82. The van der Waals surface area contributed by atoms with Gasteiger partial charge in [-0.15, -0.1) is 12.4 Å². The van der Waals surface area contributed by atoms with Gasteiger partial charge < -0.3 is 5.73 Å². The molecule has 0 bridgehead atoms. The lowest BCUT2D eigenvalue weighted by Gasteiger charge is -2.10. The van der Waals surface area contributed by atoms with E-state index in [1.54, 1.807) is 0 Å². The highest BCUT2D eigenvalue weighted by Crippen LogP contribution is 2.27. The number of halogens is 4. The van der Waals surface area contributed by atoms with Crippen LogP contribution in [0.5, 0.6) is 0 Å². The molecule has 0 heterocycles. The zero-order chi connectivity index (χ0) is 11.6. The third-order valence-electron chi connectivity index (χ3n) is 1.82. The Morgan fingerprint density at radius 3 is 2.38 bits per heavy atom. The maximum atomic E-state index is 12.6. The van der Waals surface area contributed by atoms with Gasteiger partial charge in [0.25, 0.3) is 12.1 Å². The Morgan fingerprint density at radius 2 is 1.94 bits per heavy atom. The molecular formula is C8H8ClF3N2O2. The van der Waals surface area contributed by atoms with E-state index in [2.05, 4.69) is 0 Å². The summed E-state index contributed by atoms with van der Waals surface area (Å²) in [6.45, 7) is 0. The summed E-state index contributed by atoms with van der Waals surface area (Å²) in [6.07, 6.45) is -2.94. The van der Waals surface area contributed by atoms with E-state index in [1.807, 2.05) is 0 Å². The van der Waals surface area contributed by atoms with Gasteiger partial charge in [0, 0.05) is 0 Å². The molecule has 0 saturated heterocycles. The third kappa shape index (κ3) is 3.07. The Hall–Kier alpha value is -1.34. The molecule has 0 aliphatic rings. The van der Waals surface area contributed by atoms with Gasteiger partial charge in [-0.25, -0.2) is 13.2 Å². The van der Waals surface area contributed by atoms with Crippen LogP contribution < -0.4 is 5.73 Å². The summed E-state index contributed by atoms with van der Waals surface area (Å²) in [6, 6.07) is 0.526. The SMILES string of the molecule is Cl.N[C@H](c1ccc(F)cc1[N+](=O)[O-])C(F)F. The van der Waals surface area contributed by atoms with Crippen molar-refractivity contribution in [3.05, 3.63) is 39.7 Å². The lowest BCUT2D eigenvalue weighted by molar-refractivity contribution is -0.386. The third-order valence-corrected chi connectivity index (χ3v) is 1.82. The van der Waals surface area contributed by atoms with E-state index in [0.717, 1.165) is 12.1 Å². The zero-order valence-electron chi connectivity index (χ0n) is 7.77. The van der Waals surface area contributed by atoms with E-state index < -0.39 is 28.9 Å². The van der Waals surface area contributed by atoms with Crippen molar-refractivity contribution in [2.75, 3.05) is 0 Å². The lowest BCUT2D eigenvalue weighted by atomic mass is 10.1. The van der Waals surface area contributed by atoms with Gasteiger partial charge in [-0.2, -0.15) is 0 Å². The van der Waals surface area contributed by atoms with E-state index in [0.29, 0.717) is 6.07 Å². The van der Waals surface area contributed by atoms with Gasteiger partial charge in [-0.1, -0.05) is 0 Å². The van der Waals surface area contributed by atoms with Crippen molar-refractivity contribution in [1.82, 2.24) is 0 Å². The van der Waals surface area contributed by atoms with Crippen LogP contribution in [0.25, 0.3) is 0 Å². The van der Waals surface area contributed by atoms with Gasteiger partial charge in [0.1, 0.15) is 5.82 Å². The molecule has 0 spiro atoms. The molecule has 0 aliphatic heterocycles. The largest absolute Gasteiger partial charge is 0.319 e. The number of nitrogens with two attached hydrogens (primary N) is 1. The molecule has 0 saturated carbocycles. The number of benzene rings is 1.